The summed E-state index contributed by atoms with van der Waals surface area (Å²) in [6, 6.07) is 3.74. The zero-order chi connectivity index (χ0) is 15.2. The summed E-state index contributed by atoms with van der Waals surface area (Å²) in [5.74, 6) is 5.01. The number of hydrogen-bond acceptors (Lipinski definition) is 5. The Morgan fingerprint density at radius 3 is 3.00 bits per heavy atom. The molecule has 0 bridgehead atoms. The molecule has 21 heavy (non-hydrogen) atoms. The summed E-state index contributed by atoms with van der Waals surface area (Å²) in [5, 5.41) is 11.7. The van der Waals surface area contributed by atoms with Gasteiger partial charge in [-0.05, 0) is 25.1 Å². The number of benzene rings is 1. The fourth-order valence-electron chi connectivity index (χ4n) is 1.54. The van der Waals surface area contributed by atoms with Crippen molar-refractivity contribution in [3.05, 3.63) is 41.0 Å². The zero-order valence-electron chi connectivity index (χ0n) is 11.2. The lowest BCUT2D eigenvalue weighted by molar-refractivity contribution is 0.102. The predicted molar refractivity (Wildman–Crippen MR) is 77.6 cm³/mol. The summed E-state index contributed by atoms with van der Waals surface area (Å²) in [7, 11) is 0. The van der Waals surface area contributed by atoms with Gasteiger partial charge < -0.3 is 5.11 Å². The van der Waals surface area contributed by atoms with E-state index in [1.165, 1.54) is 18.2 Å². The standard InChI is InChI=1S/C14H12FN3O2S/c1-9-16-14(21-18-9)17-13(20)12-6-5-11(15)8-10(12)4-2-3-7-19/h5-6,8,19H,3,7H2,1H3,(H,16,17,18,20). The van der Waals surface area contributed by atoms with E-state index in [1.807, 2.05) is 0 Å². The minimum absolute atomic E-state index is 0.0894. The van der Waals surface area contributed by atoms with Crippen LogP contribution in [0.25, 0.3) is 0 Å². The number of hydrogen-bond donors (Lipinski definition) is 2. The van der Waals surface area contributed by atoms with Gasteiger partial charge in [-0.15, -0.1) is 0 Å². The summed E-state index contributed by atoms with van der Waals surface area (Å²) >= 11 is 1.07. The highest BCUT2D eigenvalue weighted by Crippen LogP contribution is 2.15. The molecular formula is C14H12FN3O2S. The van der Waals surface area contributed by atoms with Crippen LogP contribution in [0.4, 0.5) is 9.52 Å². The third-order valence-corrected chi connectivity index (χ3v) is 3.16. The van der Waals surface area contributed by atoms with E-state index >= 15 is 0 Å². The topological polar surface area (TPSA) is 75.1 Å². The molecule has 1 aromatic carbocycles. The van der Waals surface area contributed by atoms with Crippen molar-refractivity contribution in [2.75, 3.05) is 11.9 Å². The molecule has 0 fully saturated rings. The van der Waals surface area contributed by atoms with E-state index in [-0.39, 0.29) is 24.2 Å². The zero-order valence-corrected chi connectivity index (χ0v) is 12.0. The molecule has 0 spiro atoms. The molecule has 0 atom stereocenters. The lowest BCUT2D eigenvalue weighted by Gasteiger charge is -2.04. The lowest BCUT2D eigenvalue weighted by atomic mass is 10.1. The third-order valence-electron chi connectivity index (χ3n) is 2.43. The third kappa shape index (κ3) is 4.08. The maximum absolute atomic E-state index is 13.3. The molecule has 2 aromatic rings. The van der Waals surface area contributed by atoms with E-state index < -0.39 is 11.7 Å². The Morgan fingerprint density at radius 2 is 2.33 bits per heavy atom. The number of nitrogens with zero attached hydrogens (tertiary/aromatic N) is 2. The number of aromatic nitrogens is 2. The minimum atomic E-state index is -0.480. The second-order valence-electron chi connectivity index (χ2n) is 4.07. The molecule has 108 valence electrons. The molecule has 0 unspecified atom stereocenters. The van der Waals surface area contributed by atoms with Crippen molar-refractivity contribution in [1.29, 1.82) is 0 Å². The average molecular weight is 305 g/mol. The Bertz CT molecular complexity index is 718. The molecule has 0 aliphatic carbocycles. The highest BCUT2D eigenvalue weighted by atomic mass is 32.1. The quantitative estimate of drug-likeness (QED) is 0.850. The first-order valence-electron chi connectivity index (χ1n) is 6.11. The molecule has 1 heterocycles. The number of nitrogens with one attached hydrogen (secondary N) is 1. The number of halogens is 1. The molecule has 2 N–H and O–H groups in total. The number of anilines is 1. The minimum Gasteiger partial charge on any atom is -0.395 e. The Kier molecular flexibility index (Phi) is 4.98. The number of aryl methyl sites for hydroxylation is 1. The van der Waals surface area contributed by atoms with Crippen LogP contribution in [-0.4, -0.2) is 27.0 Å². The summed E-state index contributed by atoms with van der Waals surface area (Å²) < 4.78 is 17.2. The van der Waals surface area contributed by atoms with Gasteiger partial charge in [-0.2, -0.15) is 4.37 Å². The van der Waals surface area contributed by atoms with E-state index in [0.29, 0.717) is 11.0 Å². The largest absolute Gasteiger partial charge is 0.395 e. The lowest BCUT2D eigenvalue weighted by Crippen LogP contribution is -2.13. The Balaban J connectivity index is 2.26. The van der Waals surface area contributed by atoms with Gasteiger partial charge >= 0.3 is 0 Å². The number of aliphatic hydroxyl groups excluding tert-OH is 1. The van der Waals surface area contributed by atoms with Crippen molar-refractivity contribution in [1.82, 2.24) is 9.36 Å². The molecule has 1 aromatic heterocycles. The van der Waals surface area contributed by atoms with Gasteiger partial charge in [-0.25, -0.2) is 9.37 Å². The Labute approximate surface area is 125 Å². The smallest absolute Gasteiger partial charge is 0.258 e. The molecule has 0 radical (unpaired) electrons. The molecule has 0 aliphatic heterocycles. The molecule has 0 saturated carbocycles. The van der Waals surface area contributed by atoms with Gasteiger partial charge in [0.15, 0.2) is 0 Å². The second-order valence-corrected chi connectivity index (χ2v) is 4.82. The maximum atomic E-state index is 13.3. The highest BCUT2D eigenvalue weighted by molar-refractivity contribution is 7.09. The Morgan fingerprint density at radius 1 is 1.52 bits per heavy atom. The van der Waals surface area contributed by atoms with Gasteiger partial charge in [0, 0.05) is 23.5 Å². The molecule has 0 saturated heterocycles. The number of aliphatic hydroxyl groups is 1. The number of rotatable bonds is 3. The SMILES string of the molecule is Cc1nsc(NC(=O)c2ccc(F)cc2C#CCCO)n1. The van der Waals surface area contributed by atoms with Gasteiger partial charge in [-0.3, -0.25) is 10.1 Å². The fraction of sp³-hybridized carbons (Fsp3) is 0.214. The summed E-state index contributed by atoms with van der Waals surface area (Å²) in [6.07, 6.45) is 0.257. The average Bonchev–Trinajstić information content (AvgIpc) is 2.84. The summed E-state index contributed by atoms with van der Waals surface area (Å²) in [5.41, 5.74) is 0.511. The van der Waals surface area contributed by atoms with Gasteiger partial charge in [0.25, 0.3) is 5.91 Å². The van der Waals surface area contributed by atoms with Gasteiger partial charge in [0.2, 0.25) is 5.13 Å². The van der Waals surface area contributed by atoms with Crippen LogP contribution in [0.5, 0.6) is 0 Å². The van der Waals surface area contributed by atoms with Crippen LogP contribution in [0.15, 0.2) is 18.2 Å². The van der Waals surface area contributed by atoms with E-state index in [2.05, 4.69) is 26.5 Å². The van der Waals surface area contributed by atoms with Crippen LogP contribution in [0, 0.1) is 24.6 Å². The first-order valence-corrected chi connectivity index (χ1v) is 6.88. The van der Waals surface area contributed by atoms with Crippen molar-refractivity contribution < 1.29 is 14.3 Å². The van der Waals surface area contributed by atoms with Gasteiger partial charge in [0.1, 0.15) is 11.6 Å². The molecular weight excluding hydrogens is 293 g/mol. The highest BCUT2D eigenvalue weighted by Gasteiger charge is 2.13. The summed E-state index contributed by atoms with van der Waals surface area (Å²) in [6.45, 7) is 1.63. The van der Waals surface area contributed by atoms with Gasteiger partial charge in [-0.1, -0.05) is 11.8 Å². The van der Waals surface area contributed by atoms with Crippen LogP contribution in [0.3, 0.4) is 0 Å². The first-order chi connectivity index (χ1) is 10.1. The molecule has 0 aliphatic rings. The van der Waals surface area contributed by atoms with Crippen LogP contribution in [0.1, 0.15) is 28.2 Å². The molecule has 1 amide bonds. The van der Waals surface area contributed by atoms with Crippen molar-refractivity contribution in [2.24, 2.45) is 0 Å². The number of carbonyl (C=O) groups excluding carboxylic acids is 1. The van der Waals surface area contributed by atoms with E-state index in [0.717, 1.165) is 11.5 Å². The van der Waals surface area contributed by atoms with Crippen molar-refractivity contribution in [2.45, 2.75) is 13.3 Å². The molecule has 5 nitrogen and oxygen atoms in total. The van der Waals surface area contributed by atoms with E-state index in [1.54, 1.807) is 6.92 Å². The normalized spacial score (nSPS) is 9.86. The number of amides is 1. The summed E-state index contributed by atoms with van der Waals surface area (Å²) in [4.78, 5) is 16.2. The number of carbonyl (C=O) groups is 1. The first kappa shape index (κ1) is 15.1. The van der Waals surface area contributed by atoms with Crippen LogP contribution >= 0.6 is 11.5 Å². The van der Waals surface area contributed by atoms with Crippen molar-refractivity contribution in [3.63, 3.8) is 0 Å². The molecule has 7 heteroatoms. The van der Waals surface area contributed by atoms with Crippen LogP contribution in [-0.2, 0) is 0 Å². The fourth-order valence-corrected chi connectivity index (χ4v) is 2.11. The van der Waals surface area contributed by atoms with Crippen LogP contribution < -0.4 is 5.32 Å². The Hall–Kier alpha value is -2.30. The predicted octanol–water partition coefficient (Wildman–Crippen LogP) is 1.97. The van der Waals surface area contributed by atoms with Crippen molar-refractivity contribution >= 4 is 22.6 Å². The van der Waals surface area contributed by atoms with E-state index in [9.17, 15) is 9.18 Å². The second kappa shape index (κ2) is 6.92. The van der Waals surface area contributed by atoms with Gasteiger partial charge in [0.05, 0.1) is 12.2 Å². The van der Waals surface area contributed by atoms with Crippen LogP contribution in [0.2, 0.25) is 0 Å². The van der Waals surface area contributed by atoms with Crippen molar-refractivity contribution in [3.8, 4) is 11.8 Å². The molecule has 2 rings (SSSR count). The van der Waals surface area contributed by atoms with E-state index in [4.69, 9.17) is 5.11 Å². The maximum Gasteiger partial charge on any atom is 0.258 e. The monoisotopic (exact) mass is 305 g/mol.